The largest absolute Gasteiger partial charge is 0.350 e. The smallest absolute Gasteiger partial charge is 0.239 e. The molecular weight excluding hydrogens is 254 g/mol. The van der Waals surface area contributed by atoms with E-state index in [1.165, 1.54) is 6.42 Å². The van der Waals surface area contributed by atoms with Crippen LogP contribution in [-0.2, 0) is 9.59 Å². The van der Waals surface area contributed by atoms with E-state index in [0.29, 0.717) is 12.5 Å². The molecule has 2 amide bonds. The molecule has 5 nitrogen and oxygen atoms in total. The second kappa shape index (κ2) is 7.62. The molecule has 2 atom stereocenters. The first-order valence-corrected chi connectivity index (χ1v) is 7.60. The Labute approximate surface area is 122 Å². The number of rotatable bonds is 5. The normalized spacial score (nSPS) is 23.2. The Balaban J connectivity index is 2.33. The topological polar surface area (TPSA) is 84.2 Å². The fourth-order valence-corrected chi connectivity index (χ4v) is 2.80. The van der Waals surface area contributed by atoms with Crippen molar-refractivity contribution in [3.8, 4) is 0 Å². The highest BCUT2D eigenvalue weighted by atomic mass is 16.2. The Hall–Kier alpha value is -1.10. The van der Waals surface area contributed by atoms with Crippen molar-refractivity contribution in [2.75, 3.05) is 13.1 Å². The zero-order chi connectivity index (χ0) is 15.2. The average Bonchev–Trinajstić information content (AvgIpc) is 2.34. The van der Waals surface area contributed by atoms with Crippen LogP contribution in [0.3, 0.4) is 0 Å². The summed E-state index contributed by atoms with van der Waals surface area (Å²) in [5, 5.41) is 5.59. The number of hydrogen-bond donors (Lipinski definition) is 3. The van der Waals surface area contributed by atoms with Crippen molar-refractivity contribution in [1.82, 2.24) is 10.6 Å². The molecule has 5 heteroatoms. The molecule has 0 aromatic heterocycles. The summed E-state index contributed by atoms with van der Waals surface area (Å²) in [6, 6.07) is 0. The summed E-state index contributed by atoms with van der Waals surface area (Å²) in [6.07, 6.45) is 5.08. The van der Waals surface area contributed by atoms with Crippen molar-refractivity contribution < 1.29 is 9.59 Å². The number of carbonyl (C=O) groups excluding carboxylic acids is 2. The minimum Gasteiger partial charge on any atom is -0.350 e. The summed E-state index contributed by atoms with van der Waals surface area (Å²) in [5.41, 5.74) is 5.32. The van der Waals surface area contributed by atoms with Crippen LogP contribution in [-0.4, -0.2) is 30.4 Å². The van der Waals surface area contributed by atoms with E-state index < -0.39 is 0 Å². The van der Waals surface area contributed by atoms with Gasteiger partial charge in [0.25, 0.3) is 0 Å². The fourth-order valence-electron chi connectivity index (χ4n) is 2.80. The maximum absolute atomic E-state index is 12.1. The molecule has 2 unspecified atom stereocenters. The molecule has 1 aliphatic carbocycles. The van der Waals surface area contributed by atoms with Gasteiger partial charge in [0.05, 0.1) is 6.54 Å². The molecule has 0 aliphatic heterocycles. The summed E-state index contributed by atoms with van der Waals surface area (Å²) in [4.78, 5) is 23.8. The van der Waals surface area contributed by atoms with Gasteiger partial charge in [-0.15, -0.1) is 0 Å². The zero-order valence-corrected chi connectivity index (χ0v) is 13.0. The van der Waals surface area contributed by atoms with Gasteiger partial charge < -0.3 is 16.4 Å². The first kappa shape index (κ1) is 17.0. The summed E-state index contributed by atoms with van der Waals surface area (Å²) < 4.78 is 0. The SMILES string of the molecule is CC(C)(C)NC(=O)CNC(=O)C1CCCC(CCN)C1. The quantitative estimate of drug-likeness (QED) is 0.708. The van der Waals surface area contributed by atoms with Crippen LogP contribution in [0.2, 0.25) is 0 Å². The van der Waals surface area contributed by atoms with Crippen LogP contribution < -0.4 is 16.4 Å². The van der Waals surface area contributed by atoms with E-state index in [1.807, 2.05) is 20.8 Å². The summed E-state index contributed by atoms with van der Waals surface area (Å²) in [7, 11) is 0. The zero-order valence-electron chi connectivity index (χ0n) is 13.0. The molecule has 0 heterocycles. The average molecular weight is 283 g/mol. The maximum Gasteiger partial charge on any atom is 0.239 e. The Bertz CT molecular complexity index is 335. The van der Waals surface area contributed by atoms with Crippen molar-refractivity contribution in [1.29, 1.82) is 0 Å². The predicted octanol–water partition coefficient (Wildman–Crippen LogP) is 1.17. The number of nitrogens with two attached hydrogens (primary N) is 1. The summed E-state index contributed by atoms with van der Waals surface area (Å²) in [5.74, 6) is 0.478. The molecular formula is C15H29N3O2. The van der Waals surface area contributed by atoms with Crippen molar-refractivity contribution in [3.05, 3.63) is 0 Å². The van der Waals surface area contributed by atoms with Crippen molar-refractivity contribution >= 4 is 11.8 Å². The van der Waals surface area contributed by atoms with Crippen LogP contribution in [0.1, 0.15) is 52.9 Å². The number of carbonyl (C=O) groups is 2. The van der Waals surface area contributed by atoms with E-state index in [-0.39, 0.29) is 29.8 Å². The van der Waals surface area contributed by atoms with Crippen LogP contribution in [0.4, 0.5) is 0 Å². The molecule has 116 valence electrons. The first-order valence-electron chi connectivity index (χ1n) is 7.60. The number of hydrogen-bond acceptors (Lipinski definition) is 3. The molecule has 20 heavy (non-hydrogen) atoms. The van der Waals surface area contributed by atoms with E-state index in [9.17, 15) is 9.59 Å². The highest BCUT2D eigenvalue weighted by molar-refractivity contribution is 5.86. The van der Waals surface area contributed by atoms with Gasteiger partial charge in [0, 0.05) is 11.5 Å². The number of nitrogens with one attached hydrogen (secondary N) is 2. The molecule has 1 aliphatic rings. The molecule has 1 rings (SSSR count). The second-order valence-corrected chi connectivity index (χ2v) is 6.82. The third kappa shape index (κ3) is 6.37. The Morgan fingerprint density at radius 1 is 1.25 bits per heavy atom. The monoisotopic (exact) mass is 283 g/mol. The van der Waals surface area contributed by atoms with E-state index >= 15 is 0 Å². The lowest BCUT2D eigenvalue weighted by atomic mass is 9.79. The van der Waals surface area contributed by atoms with Gasteiger partial charge in [-0.3, -0.25) is 9.59 Å². The van der Waals surface area contributed by atoms with Crippen LogP contribution in [0.25, 0.3) is 0 Å². The van der Waals surface area contributed by atoms with Gasteiger partial charge in [0.15, 0.2) is 0 Å². The van der Waals surface area contributed by atoms with Crippen molar-refractivity contribution in [3.63, 3.8) is 0 Å². The Kier molecular flexibility index (Phi) is 6.46. The van der Waals surface area contributed by atoms with E-state index in [2.05, 4.69) is 10.6 Å². The van der Waals surface area contributed by atoms with Crippen molar-refractivity contribution in [2.45, 2.75) is 58.4 Å². The van der Waals surface area contributed by atoms with E-state index in [4.69, 9.17) is 5.73 Å². The molecule has 4 N–H and O–H groups in total. The molecule has 0 aromatic carbocycles. The number of amides is 2. The first-order chi connectivity index (χ1) is 9.31. The Morgan fingerprint density at radius 3 is 2.55 bits per heavy atom. The summed E-state index contributed by atoms with van der Waals surface area (Å²) >= 11 is 0. The van der Waals surface area contributed by atoms with E-state index in [1.54, 1.807) is 0 Å². The lowest BCUT2D eigenvalue weighted by Gasteiger charge is -2.28. The predicted molar refractivity (Wildman–Crippen MR) is 80.0 cm³/mol. The van der Waals surface area contributed by atoms with Crippen molar-refractivity contribution in [2.24, 2.45) is 17.6 Å². The van der Waals surface area contributed by atoms with Gasteiger partial charge in [-0.25, -0.2) is 0 Å². The van der Waals surface area contributed by atoms with Gasteiger partial charge >= 0.3 is 0 Å². The third-order valence-corrected chi connectivity index (χ3v) is 3.67. The molecule has 0 spiro atoms. The van der Waals surface area contributed by atoms with Crippen LogP contribution >= 0.6 is 0 Å². The Morgan fingerprint density at radius 2 is 1.95 bits per heavy atom. The minimum atomic E-state index is -0.265. The molecule has 0 saturated heterocycles. The third-order valence-electron chi connectivity index (χ3n) is 3.67. The van der Waals surface area contributed by atoms with Crippen LogP contribution in [0.15, 0.2) is 0 Å². The van der Waals surface area contributed by atoms with Gasteiger partial charge in [0.1, 0.15) is 0 Å². The molecule has 0 radical (unpaired) electrons. The van der Waals surface area contributed by atoms with Gasteiger partial charge in [0.2, 0.25) is 11.8 Å². The maximum atomic E-state index is 12.1. The molecule has 1 fully saturated rings. The second-order valence-electron chi connectivity index (χ2n) is 6.82. The van der Waals surface area contributed by atoms with Crippen LogP contribution in [0, 0.1) is 11.8 Å². The lowest BCUT2D eigenvalue weighted by molar-refractivity contribution is -0.130. The molecule has 0 bridgehead atoms. The van der Waals surface area contributed by atoms with E-state index in [0.717, 1.165) is 25.7 Å². The highest BCUT2D eigenvalue weighted by Gasteiger charge is 2.27. The van der Waals surface area contributed by atoms with Crippen LogP contribution in [0.5, 0.6) is 0 Å². The molecule has 1 saturated carbocycles. The molecule has 0 aromatic rings. The standard InChI is InChI=1S/C15H29N3O2/c1-15(2,3)18-13(19)10-17-14(20)12-6-4-5-11(9-12)7-8-16/h11-12H,4-10,16H2,1-3H3,(H,17,20)(H,18,19). The highest BCUT2D eigenvalue weighted by Crippen LogP contribution is 2.30. The van der Waals surface area contributed by atoms with Gasteiger partial charge in [-0.05, 0) is 52.5 Å². The lowest BCUT2D eigenvalue weighted by Crippen LogP contribution is -2.47. The van der Waals surface area contributed by atoms with Gasteiger partial charge in [-0.2, -0.15) is 0 Å². The fraction of sp³-hybridized carbons (Fsp3) is 0.867. The minimum absolute atomic E-state index is 0.00998. The van der Waals surface area contributed by atoms with Gasteiger partial charge in [-0.1, -0.05) is 12.8 Å². The summed E-state index contributed by atoms with van der Waals surface area (Å²) in [6.45, 7) is 6.52.